The molecule has 2 heterocycles. The van der Waals surface area contributed by atoms with Crippen LogP contribution < -0.4 is 9.47 Å². The molecule has 0 aromatic heterocycles. The zero-order valence-corrected chi connectivity index (χ0v) is 12.2. The van der Waals surface area contributed by atoms with Crippen molar-refractivity contribution in [1.82, 2.24) is 0 Å². The molecule has 0 N–H and O–H groups in total. The average Bonchev–Trinajstić information content (AvgIpc) is 3.05. The summed E-state index contributed by atoms with van der Waals surface area (Å²) >= 11 is 0. The largest absolute Gasteiger partial charge is 0.497 e. The number of hydrogen-bond acceptors (Lipinski definition) is 5. The number of methoxy groups -OCH3 is 1. The van der Waals surface area contributed by atoms with E-state index in [-0.39, 0.29) is 18.0 Å². The van der Waals surface area contributed by atoms with Crippen LogP contribution in [0.3, 0.4) is 0 Å². The molecule has 0 spiro atoms. The number of fused-ring (bicyclic) bond motifs is 1. The van der Waals surface area contributed by atoms with E-state index in [9.17, 15) is 4.79 Å². The van der Waals surface area contributed by atoms with Crippen LogP contribution in [0.2, 0.25) is 0 Å². The van der Waals surface area contributed by atoms with E-state index in [1.165, 1.54) is 0 Å². The summed E-state index contributed by atoms with van der Waals surface area (Å²) in [7, 11) is 1.62. The SMILES string of the molecule is COc1ccc2c(c1)OC[C@@H](C(=O)OC[C@@H]1CCCO1)C2. The standard InChI is InChI=1S/C16H20O5/c1-18-13-5-4-11-7-12(9-20-15(11)8-13)16(17)21-10-14-3-2-6-19-14/h4-5,8,12,14H,2-3,6-7,9-10H2,1H3/t12-,14-/m0/s1. The molecule has 0 unspecified atom stereocenters. The highest BCUT2D eigenvalue weighted by Crippen LogP contribution is 2.31. The van der Waals surface area contributed by atoms with Crippen molar-refractivity contribution in [3.05, 3.63) is 23.8 Å². The second-order valence-corrected chi connectivity index (χ2v) is 5.45. The fraction of sp³-hybridized carbons (Fsp3) is 0.562. The van der Waals surface area contributed by atoms with Gasteiger partial charge in [-0.05, 0) is 30.9 Å². The van der Waals surface area contributed by atoms with Crippen LogP contribution in [0, 0.1) is 5.92 Å². The predicted octanol–water partition coefficient (Wildman–Crippen LogP) is 1.97. The van der Waals surface area contributed by atoms with Gasteiger partial charge in [0.25, 0.3) is 0 Å². The summed E-state index contributed by atoms with van der Waals surface area (Å²) < 4.78 is 21.6. The minimum atomic E-state index is -0.243. The van der Waals surface area contributed by atoms with Crippen LogP contribution in [0.1, 0.15) is 18.4 Å². The van der Waals surface area contributed by atoms with E-state index in [0.717, 1.165) is 36.5 Å². The first kappa shape index (κ1) is 14.2. The molecular weight excluding hydrogens is 272 g/mol. The lowest BCUT2D eigenvalue weighted by Gasteiger charge is -2.24. The zero-order chi connectivity index (χ0) is 14.7. The van der Waals surface area contributed by atoms with Gasteiger partial charge in [0, 0.05) is 12.7 Å². The highest BCUT2D eigenvalue weighted by molar-refractivity contribution is 5.73. The highest BCUT2D eigenvalue weighted by atomic mass is 16.6. The number of ether oxygens (including phenoxy) is 4. The molecular formula is C16H20O5. The van der Waals surface area contributed by atoms with E-state index in [1.54, 1.807) is 7.11 Å². The second-order valence-electron chi connectivity index (χ2n) is 5.45. The second kappa shape index (κ2) is 6.35. The monoisotopic (exact) mass is 292 g/mol. The van der Waals surface area contributed by atoms with Crippen LogP contribution in [0.4, 0.5) is 0 Å². The minimum absolute atomic E-state index is 0.0648. The lowest BCUT2D eigenvalue weighted by atomic mass is 9.97. The van der Waals surface area contributed by atoms with Crippen LogP contribution >= 0.6 is 0 Å². The van der Waals surface area contributed by atoms with Gasteiger partial charge in [-0.2, -0.15) is 0 Å². The Morgan fingerprint density at radius 1 is 1.43 bits per heavy atom. The number of carbonyl (C=O) groups excluding carboxylic acids is 1. The number of benzene rings is 1. The Labute approximate surface area is 124 Å². The Morgan fingerprint density at radius 3 is 3.10 bits per heavy atom. The molecule has 0 saturated carbocycles. The Balaban J connectivity index is 1.56. The van der Waals surface area contributed by atoms with Crippen molar-refractivity contribution in [2.75, 3.05) is 26.9 Å². The van der Waals surface area contributed by atoms with E-state index >= 15 is 0 Å². The van der Waals surface area contributed by atoms with Gasteiger partial charge >= 0.3 is 5.97 Å². The average molecular weight is 292 g/mol. The molecule has 5 nitrogen and oxygen atoms in total. The van der Waals surface area contributed by atoms with Crippen LogP contribution in [-0.2, 0) is 20.7 Å². The molecule has 3 rings (SSSR count). The van der Waals surface area contributed by atoms with Gasteiger partial charge in [-0.3, -0.25) is 4.79 Å². The molecule has 0 aliphatic carbocycles. The normalized spacial score (nSPS) is 24.0. The third kappa shape index (κ3) is 3.29. The van der Waals surface area contributed by atoms with Crippen molar-refractivity contribution in [1.29, 1.82) is 0 Å². The molecule has 0 bridgehead atoms. The molecule has 0 radical (unpaired) electrons. The summed E-state index contributed by atoms with van der Waals surface area (Å²) in [6.45, 7) is 1.47. The van der Waals surface area contributed by atoms with Crippen LogP contribution in [0.15, 0.2) is 18.2 Å². The minimum Gasteiger partial charge on any atom is -0.497 e. The van der Waals surface area contributed by atoms with Gasteiger partial charge in [0.1, 0.15) is 24.7 Å². The van der Waals surface area contributed by atoms with E-state index < -0.39 is 0 Å². The Morgan fingerprint density at radius 2 is 2.33 bits per heavy atom. The first-order valence-electron chi connectivity index (χ1n) is 7.34. The van der Waals surface area contributed by atoms with Gasteiger partial charge in [-0.15, -0.1) is 0 Å². The van der Waals surface area contributed by atoms with E-state index in [1.807, 2.05) is 18.2 Å². The number of esters is 1. The number of carbonyl (C=O) groups is 1. The fourth-order valence-corrected chi connectivity index (χ4v) is 2.70. The summed E-state index contributed by atoms with van der Waals surface area (Å²) in [6, 6.07) is 5.67. The molecule has 1 saturated heterocycles. The van der Waals surface area contributed by atoms with Gasteiger partial charge in [0.15, 0.2) is 0 Å². The number of hydrogen-bond donors (Lipinski definition) is 0. The van der Waals surface area contributed by atoms with Gasteiger partial charge in [0.2, 0.25) is 0 Å². The van der Waals surface area contributed by atoms with Crippen LogP contribution in [0.25, 0.3) is 0 Å². The molecule has 1 fully saturated rings. The Hall–Kier alpha value is -1.75. The maximum atomic E-state index is 12.1. The highest BCUT2D eigenvalue weighted by Gasteiger charge is 2.28. The molecule has 2 aliphatic heterocycles. The van der Waals surface area contributed by atoms with Crippen molar-refractivity contribution in [3.63, 3.8) is 0 Å². The van der Waals surface area contributed by atoms with Crippen molar-refractivity contribution in [3.8, 4) is 11.5 Å². The van der Waals surface area contributed by atoms with Gasteiger partial charge in [-0.25, -0.2) is 0 Å². The lowest BCUT2D eigenvalue weighted by molar-refractivity contribution is -0.153. The third-order valence-electron chi connectivity index (χ3n) is 3.95. The fourth-order valence-electron chi connectivity index (χ4n) is 2.70. The van der Waals surface area contributed by atoms with E-state index in [0.29, 0.717) is 19.6 Å². The van der Waals surface area contributed by atoms with Crippen molar-refractivity contribution >= 4 is 5.97 Å². The van der Waals surface area contributed by atoms with Crippen molar-refractivity contribution in [2.45, 2.75) is 25.4 Å². The molecule has 1 aromatic carbocycles. The molecule has 5 heteroatoms. The summed E-state index contributed by atoms with van der Waals surface area (Å²) in [5, 5.41) is 0. The molecule has 114 valence electrons. The molecule has 0 amide bonds. The molecule has 1 aromatic rings. The predicted molar refractivity (Wildman–Crippen MR) is 75.6 cm³/mol. The lowest BCUT2D eigenvalue weighted by Crippen LogP contribution is -2.31. The molecule has 21 heavy (non-hydrogen) atoms. The topological polar surface area (TPSA) is 54.0 Å². The Bertz CT molecular complexity index is 507. The number of rotatable bonds is 4. The smallest absolute Gasteiger partial charge is 0.312 e. The quantitative estimate of drug-likeness (QED) is 0.794. The van der Waals surface area contributed by atoms with Crippen LogP contribution in [0.5, 0.6) is 11.5 Å². The van der Waals surface area contributed by atoms with Crippen LogP contribution in [-0.4, -0.2) is 39.0 Å². The van der Waals surface area contributed by atoms with Gasteiger partial charge < -0.3 is 18.9 Å². The van der Waals surface area contributed by atoms with E-state index in [4.69, 9.17) is 18.9 Å². The van der Waals surface area contributed by atoms with Gasteiger partial charge in [-0.1, -0.05) is 6.07 Å². The summed E-state index contributed by atoms with van der Waals surface area (Å²) in [5.74, 6) is 1.10. The third-order valence-corrected chi connectivity index (χ3v) is 3.95. The van der Waals surface area contributed by atoms with Gasteiger partial charge in [0.05, 0.1) is 19.1 Å². The zero-order valence-electron chi connectivity index (χ0n) is 12.2. The first-order valence-corrected chi connectivity index (χ1v) is 7.34. The summed E-state index contributed by atoms with van der Waals surface area (Å²) in [5.41, 5.74) is 1.01. The maximum absolute atomic E-state index is 12.1. The Kier molecular flexibility index (Phi) is 4.29. The summed E-state index contributed by atoms with van der Waals surface area (Å²) in [6.07, 6.45) is 2.72. The first-order chi connectivity index (χ1) is 10.3. The van der Waals surface area contributed by atoms with Crippen molar-refractivity contribution < 1.29 is 23.7 Å². The molecule has 2 aliphatic rings. The summed E-state index contributed by atoms with van der Waals surface area (Å²) in [4.78, 5) is 12.1. The van der Waals surface area contributed by atoms with E-state index in [2.05, 4.69) is 0 Å². The maximum Gasteiger partial charge on any atom is 0.312 e. The van der Waals surface area contributed by atoms with Crippen molar-refractivity contribution in [2.24, 2.45) is 5.92 Å². The molecule has 2 atom stereocenters.